The summed E-state index contributed by atoms with van der Waals surface area (Å²) in [5.74, 6) is 0. The maximum atomic E-state index is 12.2. The van der Waals surface area contributed by atoms with Crippen LogP contribution in [0.2, 0.25) is 0 Å². The summed E-state index contributed by atoms with van der Waals surface area (Å²) >= 11 is 1.64. The molecule has 2 heterocycles. The van der Waals surface area contributed by atoms with E-state index in [1.807, 2.05) is 35.5 Å². The number of imidazole rings is 1. The number of benzene rings is 2. The van der Waals surface area contributed by atoms with E-state index in [0.29, 0.717) is 0 Å². The van der Waals surface area contributed by atoms with E-state index in [0.717, 1.165) is 35.2 Å². The minimum atomic E-state index is -3.51. The quantitative estimate of drug-likeness (QED) is 0.527. The van der Waals surface area contributed by atoms with Crippen molar-refractivity contribution in [3.8, 4) is 11.3 Å². The number of hydrogen-bond acceptors (Lipinski definition) is 5. The topological polar surface area (TPSA) is 76.9 Å². The molecule has 1 N–H and O–H groups in total. The van der Waals surface area contributed by atoms with E-state index in [1.165, 1.54) is 17.3 Å². The zero-order valence-corrected chi connectivity index (χ0v) is 17.2. The summed E-state index contributed by atoms with van der Waals surface area (Å²) in [6.07, 6.45) is 5.26. The Labute approximate surface area is 167 Å². The first kappa shape index (κ1) is 18.8. The van der Waals surface area contributed by atoms with Gasteiger partial charge in [-0.15, -0.1) is 11.3 Å². The molecule has 144 valence electrons. The van der Waals surface area contributed by atoms with E-state index in [4.69, 9.17) is 0 Å². The van der Waals surface area contributed by atoms with Crippen LogP contribution in [-0.4, -0.2) is 30.0 Å². The summed E-state index contributed by atoms with van der Waals surface area (Å²) in [7, 11) is -0.200. The molecule has 0 amide bonds. The molecule has 0 radical (unpaired) electrons. The van der Waals surface area contributed by atoms with Gasteiger partial charge < -0.3 is 4.57 Å². The van der Waals surface area contributed by atoms with Crippen LogP contribution in [0, 0.1) is 0 Å². The zero-order chi connectivity index (χ0) is 19.7. The molecular weight excluding hydrogens is 392 g/mol. The smallest absolute Gasteiger partial charge is 0.240 e. The minimum Gasteiger partial charge on any atom is -0.340 e. The summed E-state index contributed by atoms with van der Waals surface area (Å²) in [6, 6.07) is 11.6. The number of fused-ring (bicyclic) bond motifs is 1. The van der Waals surface area contributed by atoms with Gasteiger partial charge in [-0.1, -0.05) is 12.1 Å². The average Bonchev–Trinajstić information content (AvgIpc) is 3.34. The lowest BCUT2D eigenvalue weighted by Gasteiger charge is -2.11. The lowest BCUT2D eigenvalue weighted by atomic mass is 9.98. The van der Waals surface area contributed by atoms with Gasteiger partial charge in [-0.05, 0) is 55.3 Å². The zero-order valence-electron chi connectivity index (χ0n) is 15.6. The Hall–Kier alpha value is -2.55. The number of aromatic nitrogens is 3. The second-order valence-electron chi connectivity index (χ2n) is 6.61. The Bertz CT molecular complexity index is 1240. The molecule has 28 heavy (non-hydrogen) atoms. The highest BCUT2D eigenvalue weighted by Gasteiger charge is 2.16. The fourth-order valence-corrected chi connectivity index (χ4v) is 4.68. The predicted octanol–water partition coefficient (Wildman–Crippen LogP) is 3.39. The molecule has 6 nitrogen and oxygen atoms in total. The third-order valence-electron chi connectivity index (χ3n) is 4.72. The molecule has 4 rings (SSSR count). The molecule has 0 aliphatic carbocycles. The van der Waals surface area contributed by atoms with Crippen molar-refractivity contribution in [2.75, 3.05) is 7.05 Å². The second-order valence-corrected chi connectivity index (χ2v) is 9.38. The molecule has 0 saturated heterocycles. The van der Waals surface area contributed by atoms with Crippen LogP contribution in [0.25, 0.3) is 21.5 Å². The standard InChI is InChI=1S/C20H20N4O2S2/c1-21-28(25,26)16-7-6-15(17(10-16)19-11-24(2)12-22-19)5-3-14-4-8-18-20(9-14)27-13-23-18/h4,6-13,21H,3,5H2,1-2H3. The van der Waals surface area contributed by atoms with Gasteiger partial charge in [-0.2, -0.15) is 0 Å². The molecule has 0 saturated carbocycles. The van der Waals surface area contributed by atoms with Crippen molar-refractivity contribution in [1.82, 2.24) is 19.3 Å². The fourth-order valence-electron chi connectivity index (χ4n) is 3.18. The molecule has 0 atom stereocenters. The van der Waals surface area contributed by atoms with Crippen molar-refractivity contribution >= 4 is 31.6 Å². The van der Waals surface area contributed by atoms with Crippen LogP contribution in [0.3, 0.4) is 0 Å². The lowest BCUT2D eigenvalue weighted by Crippen LogP contribution is -2.18. The second kappa shape index (κ2) is 7.46. The summed E-state index contributed by atoms with van der Waals surface area (Å²) in [6.45, 7) is 0. The molecule has 4 aromatic rings. The fraction of sp³-hybridized carbons (Fsp3) is 0.200. The number of rotatable bonds is 6. The highest BCUT2D eigenvalue weighted by molar-refractivity contribution is 7.89. The molecule has 2 aromatic heterocycles. The maximum absolute atomic E-state index is 12.2. The van der Waals surface area contributed by atoms with E-state index in [1.54, 1.807) is 29.8 Å². The van der Waals surface area contributed by atoms with Gasteiger partial charge in [0, 0.05) is 18.8 Å². The van der Waals surface area contributed by atoms with Gasteiger partial charge in [0.2, 0.25) is 10.0 Å². The number of aryl methyl sites for hydroxylation is 3. The first-order valence-electron chi connectivity index (χ1n) is 8.83. The van der Waals surface area contributed by atoms with E-state index in [-0.39, 0.29) is 4.90 Å². The Morgan fingerprint density at radius 3 is 2.71 bits per heavy atom. The van der Waals surface area contributed by atoms with Crippen molar-refractivity contribution in [1.29, 1.82) is 0 Å². The molecule has 0 aliphatic heterocycles. The van der Waals surface area contributed by atoms with E-state index < -0.39 is 10.0 Å². The van der Waals surface area contributed by atoms with Crippen molar-refractivity contribution < 1.29 is 8.42 Å². The highest BCUT2D eigenvalue weighted by Crippen LogP contribution is 2.27. The molecular formula is C20H20N4O2S2. The SMILES string of the molecule is CNS(=O)(=O)c1ccc(CCc2ccc3ncsc3c2)c(-c2cn(C)cn2)c1. The minimum absolute atomic E-state index is 0.241. The van der Waals surface area contributed by atoms with Gasteiger partial charge in [0.15, 0.2) is 0 Å². The van der Waals surface area contributed by atoms with Crippen LogP contribution < -0.4 is 4.72 Å². The average molecular weight is 413 g/mol. The van der Waals surface area contributed by atoms with Crippen molar-refractivity contribution in [2.24, 2.45) is 7.05 Å². The van der Waals surface area contributed by atoms with Crippen LogP contribution in [0.4, 0.5) is 0 Å². The van der Waals surface area contributed by atoms with E-state index >= 15 is 0 Å². The number of sulfonamides is 1. The van der Waals surface area contributed by atoms with Crippen molar-refractivity contribution in [3.63, 3.8) is 0 Å². The Kier molecular flexibility index (Phi) is 5.01. The molecule has 2 aromatic carbocycles. The maximum Gasteiger partial charge on any atom is 0.240 e. The molecule has 8 heteroatoms. The van der Waals surface area contributed by atoms with Gasteiger partial charge in [-0.3, -0.25) is 0 Å². The normalized spacial score (nSPS) is 11.9. The lowest BCUT2D eigenvalue weighted by molar-refractivity contribution is 0.588. The number of hydrogen-bond donors (Lipinski definition) is 1. The number of nitrogens with zero attached hydrogens (tertiary/aromatic N) is 3. The summed E-state index contributed by atoms with van der Waals surface area (Å²) in [5.41, 5.74) is 6.78. The largest absolute Gasteiger partial charge is 0.340 e. The van der Waals surface area contributed by atoms with Gasteiger partial charge in [0.05, 0.1) is 32.6 Å². The Balaban J connectivity index is 1.68. The van der Waals surface area contributed by atoms with E-state index in [2.05, 4.69) is 26.8 Å². The van der Waals surface area contributed by atoms with Crippen LogP contribution in [0.5, 0.6) is 0 Å². The third-order valence-corrected chi connectivity index (χ3v) is 6.92. The van der Waals surface area contributed by atoms with Crippen LogP contribution in [0.15, 0.2) is 59.3 Å². The molecule has 0 fully saturated rings. The predicted molar refractivity (Wildman–Crippen MR) is 112 cm³/mol. The first-order valence-corrected chi connectivity index (χ1v) is 11.2. The van der Waals surface area contributed by atoms with Crippen LogP contribution >= 0.6 is 11.3 Å². The van der Waals surface area contributed by atoms with Crippen LogP contribution in [0.1, 0.15) is 11.1 Å². The first-order chi connectivity index (χ1) is 13.5. The van der Waals surface area contributed by atoms with Gasteiger partial charge >= 0.3 is 0 Å². The molecule has 0 aliphatic rings. The summed E-state index contributed by atoms with van der Waals surface area (Å²) < 4.78 is 29.9. The number of nitrogens with one attached hydrogen (secondary N) is 1. The van der Waals surface area contributed by atoms with E-state index in [9.17, 15) is 8.42 Å². The van der Waals surface area contributed by atoms with Crippen LogP contribution in [-0.2, 0) is 29.9 Å². The molecule has 0 bridgehead atoms. The summed E-state index contributed by atoms with van der Waals surface area (Å²) in [4.78, 5) is 8.99. The Morgan fingerprint density at radius 1 is 1.11 bits per heavy atom. The Morgan fingerprint density at radius 2 is 1.96 bits per heavy atom. The molecule has 0 unspecified atom stereocenters. The monoisotopic (exact) mass is 412 g/mol. The molecule has 0 spiro atoms. The number of thiazole rings is 1. The third kappa shape index (κ3) is 3.71. The van der Waals surface area contributed by atoms with Gasteiger partial charge in [-0.25, -0.2) is 23.1 Å². The van der Waals surface area contributed by atoms with Crippen molar-refractivity contribution in [3.05, 3.63) is 65.6 Å². The summed E-state index contributed by atoms with van der Waals surface area (Å²) in [5, 5.41) is 0. The van der Waals surface area contributed by atoms with Gasteiger partial charge in [0.25, 0.3) is 0 Å². The van der Waals surface area contributed by atoms with Gasteiger partial charge in [0.1, 0.15) is 0 Å². The van der Waals surface area contributed by atoms with Crippen molar-refractivity contribution in [2.45, 2.75) is 17.7 Å². The highest BCUT2D eigenvalue weighted by atomic mass is 32.2.